The lowest BCUT2D eigenvalue weighted by atomic mass is 10.2. The van der Waals surface area contributed by atoms with E-state index < -0.39 is 0 Å². The number of amides is 1. The number of halogens is 2. The van der Waals surface area contributed by atoms with Gasteiger partial charge in [-0.25, -0.2) is 0 Å². The molecular weight excluding hydrogens is 353 g/mol. The minimum atomic E-state index is -0.301. The Morgan fingerprint density at radius 3 is 2.79 bits per heavy atom. The van der Waals surface area contributed by atoms with Crippen LogP contribution in [0.15, 0.2) is 36.4 Å². The number of nitrogens with one attached hydrogen (secondary N) is 1. The third kappa shape index (κ3) is 3.58. The number of methoxy groups -OCH3 is 1. The highest BCUT2D eigenvalue weighted by atomic mass is 35.5. The fraction of sp³-hybridized carbons (Fsp3) is 0.118. The Hall–Kier alpha value is -2.37. The molecule has 1 amide bonds. The average molecular weight is 366 g/mol. The predicted molar refractivity (Wildman–Crippen MR) is 93.2 cm³/mol. The second-order valence-electron chi connectivity index (χ2n) is 4.91. The van der Waals surface area contributed by atoms with E-state index in [-0.39, 0.29) is 12.7 Å². The number of anilines is 1. The summed E-state index contributed by atoms with van der Waals surface area (Å²) in [5.74, 6) is 1.32. The van der Waals surface area contributed by atoms with Crippen molar-refractivity contribution in [1.29, 1.82) is 0 Å². The molecule has 1 N–H and O–H groups in total. The SMILES string of the molecule is COc1ccc(NC(=O)/C=C/c2cc(Cl)c3c(c2)OCO3)cc1Cl. The van der Waals surface area contributed by atoms with E-state index in [0.29, 0.717) is 33.0 Å². The van der Waals surface area contributed by atoms with Crippen LogP contribution < -0.4 is 19.5 Å². The number of hydrogen-bond acceptors (Lipinski definition) is 4. The second-order valence-corrected chi connectivity index (χ2v) is 5.72. The van der Waals surface area contributed by atoms with Gasteiger partial charge >= 0.3 is 0 Å². The lowest BCUT2D eigenvalue weighted by molar-refractivity contribution is -0.111. The maximum atomic E-state index is 12.0. The molecule has 0 radical (unpaired) electrons. The van der Waals surface area contributed by atoms with Gasteiger partial charge in [0.2, 0.25) is 12.7 Å². The van der Waals surface area contributed by atoms with Crippen LogP contribution in [0.3, 0.4) is 0 Å². The highest BCUT2D eigenvalue weighted by molar-refractivity contribution is 6.32. The van der Waals surface area contributed by atoms with Gasteiger partial charge in [-0.3, -0.25) is 4.79 Å². The van der Waals surface area contributed by atoms with Crippen LogP contribution in [-0.2, 0) is 4.79 Å². The zero-order valence-corrected chi connectivity index (χ0v) is 14.1. The average Bonchev–Trinajstić information content (AvgIpc) is 3.02. The highest BCUT2D eigenvalue weighted by Crippen LogP contribution is 2.40. The molecule has 24 heavy (non-hydrogen) atoms. The number of ether oxygens (including phenoxy) is 3. The van der Waals surface area contributed by atoms with E-state index in [2.05, 4.69) is 5.32 Å². The zero-order valence-electron chi connectivity index (χ0n) is 12.6. The van der Waals surface area contributed by atoms with Crippen molar-refractivity contribution in [3.05, 3.63) is 52.0 Å². The summed E-state index contributed by atoms with van der Waals surface area (Å²) in [5, 5.41) is 3.57. The molecule has 1 aliphatic heterocycles. The molecule has 0 aromatic heterocycles. The topological polar surface area (TPSA) is 56.8 Å². The molecule has 0 unspecified atom stereocenters. The van der Waals surface area contributed by atoms with Crippen molar-refractivity contribution in [3.8, 4) is 17.2 Å². The van der Waals surface area contributed by atoms with E-state index in [0.717, 1.165) is 5.56 Å². The molecule has 0 bridgehead atoms. The first-order valence-corrected chi connectivity index (χ1v) is 7.74. The van der Waals surface area contributed by atoms with E-state index >= 15 is 0 Å². The first-order chi connectivity index (χ1) is 11.6. The molecule has 2 aromatic carbocycles. The first kappa shape index (κ1) is 16.5. The molecule has 2 aromatic rings. The summed E-state index contributed by atoms with van der Waals surface area (Å²) < 4.78 is 15.6. The smallest absolute Gasteiger partial charge is 0.248 e. The van der Waals surface area contributed by atoms with Gasteiger partial charge in [0.25, 0.3) is 0 Å². The van der Waals surface area contributed by atoms with Gasteiger partial charge in [0.1, 0.15) is 5.75 Å². The molecule has 5 nitrogen and oxygen atoms in total. The maximum Gasteiger partial charge on any atom is 0.248 e. The van der Waals surface area contributed by atoms with E-state index in [1.54, 1.807) is 36.4 Å². The number of carbonyl (C=O) groups is 1. The summed E-state index contributed by atoms with van der Waals surface area (Å²) in [6.45, 7) is 0.140. The molecule has 0 aliphatic carbocycles. The molecule has 0 saturated carbocycles. The van der Waals surface area contributed by atoms with E-state index in [1.807, 2.05) is 0 Å². The minimum Gasteiger partial charge on any atom is -0.495 e. The standard InChI is InChI=1S/C17H13Cl2NO4/c1-22-14-4-3-11(8-12(14)18)20-16(21)5-2-10-6-13(19)17-15(7-10)23-9-24-17/h2-8H,9H2,1H3,(H,20,21)/b5-2+. The van der Waals surface area contributed by atoms with Gasteiger partial charge in [0, 0.05) is 11.8 Å². The highest BCUT2D eigenvalue weighted by Gasteiger charge is 2.17. The first-order valence-electron chi connectivity index (χ1n) is 6.98. The van der Waals surface area contributed by atoms with Gasteiger partial charge in [0.15, 0.2) is 11.5 Å². The summed E-state index contributed by atoms with van der Waals surface area (Å²) in [6.07, 6.45) is 3.03. The van der Waals surface area contributed by atoms with Crippen LogP contribution in [0.2, 0.25) is 10.0 Å². The predicted octanol–water partition coefficient (Wildman–Crippen LogP) is 4.38. The van der Waals surface area contributed by atoms with Crippen molar-refractivity contribution in [1.82, 2.24) is 0 Å². The Kier molecular flexibility index (Phi) is 4.83. The monoisotopic (exact) mass is 365 g/mol. The van der Waals surface area contributed by atoms with Crippen LogP contribution in [0.5, 0.6) is 17.2 Å². The van der Waals surface area contributed by atoms with E-state index in [9.17, 15) is 4.79 Å². The number of carbonyl (C=O) groups excluding carboxylic acids is 1. The van der Waals surface area contributed by atoms with Crippen LogP contribution in [0.4, 0.5) is 5.69 Å². The zero-order chi connectivity index (χ0) is 17.1. The van der Waals surface area contributed by atoms with Crippen molar-refractivity contribution in [2.45, 2.75) is 0 Å². The molecule has 1 heterocycles. The van der Waals surface area contributed by atoms with Crippen LogP contribution >= 0.6 is 23.2 Å². The Morgan fingerprint density at radius 2 is 2.04 bits per heavy atom. The van der Waals surface area contributed by atoms with Gasteiger partial charge in [-0.05, 0) is 42.0 Å². The third-order valence-electron chi connectivity index (χ3n) is 3.30. The largest absolute Gasteiger partial charge is 0.495 e. The third-order valence-corrected chi connectivity index (χ3v) is 3.87. The van der Waals surface area contributed by atoms with Crippen LogP contribution in [-0.4, -0.2) is 19.8 Å². The van der Waals surface area contributed by atoms with Crippen molar-refractivity contribution in [2.75, 3.05) is 19.2 Å². The Balaban J connectivity index is 1.70. The van der Waals surface area contributed by atoms with Crippen LogP contribution in [0.1, 0.15) is 5.56 Å². The molecule has 0 spiro atoms. The maximum absolute atomic E-state index is 12.0. The van der Waals surface area contributed by atoms with Gasteiger partial charge in [0.05, 0.1) is 17.2 Å². The molecule has 0 saturated heterocycles. The van der Waals surface area contributed by atoms with Crippen molar-refractivity contribution in [2.24, 2.45) is 0 Å². The second kappa shape index (κ2) is 7.03. The number of benzene rings is 2. The Morgan fingerprint density at radius 1 is 1.21 bits per heavy atom. The van der Waals surface area contributed by atoms with Crippen LogP contribution in [0.25, 0.3) is 6.08 Å². The minimum absolute atomic E-state index is 0.140. The molecule has 0 atom stereocenters. The van der Waals surface area contributed by atoms with Gasteiger partial charge in [-0.15, -0.1) is 0 Å². The summed E-state index contributed by atoms with van der Waals surface area (Å²) in [5.41, 5.74) is 1.30. The van der Waals surface area contributed by atoms with Crippen molar-refractivity contribution in [3.63, 3.8) is 0 Å². The van der Waals surface area contributed by atoms with E-state index in [4.69, 9.17) is 37.4 Å². The quantitative estimate of drug-likeness (QED) is 0.816. The Bertz CT molecular complexity index is 820. The molecule has 0 fully saturated rings. The van der Waals surface area contributed by atoms with Crippen molar-refractivity contribution >= 4 is 40.9 Å². The number of hydrogen-bond donors (Lipinski definition) is 1. The van der Waals surface area contributed by atoms with Gasteiger partial charge < -0.3 is 19.5 Å². The molecular formula is C17H13Cl2NO4. The summed E-state index contributed by atoms with van der Waals surface area (Å²) in [6, 6.07) is 8.45. The number of fused-ring (bicyclic) bond motifs is 1. The summed E-state index contributed by atoms with van der Waals surface area (Å²) in [4.78, 5) is 12.0. The molecule has 7 heteroatoms. The lowest BCUT2D eigenvalue weighted by Gasteiger charge is -2.06. The summed E-state index contributed by atoms with van der Waals surface area (Å²) in [7, 11) is 1.53. The van der Waals surface area contributed by atoms with Gasteiger partial charge in [-0.1, -0.05) is 23.2 Å². The Labute approximate surface area is 148 Å². The summed E-state index contributed by atoms with van der Waals surface area (Å²) >= 11 is 12.1. The fourth-order valence-electron chi connectivity index (χ4n) is 2.18. The molecule has 124 valence electrons. The normalized spacial score (nSPS) is 12.5. The number of rotatable bonds is 4. The van der Waals surface area contributed by atoms with Gasteiger partial charge in [-0.2, -0.15) is 0 Å². The lowest BCUT2D eigenvalue weighted by Crippen LogP contribution is -2.07. The van der Waals surface area contributed by atoms with Crippen LogP contribution in [0, 0.1) is 0 Å². The van der Waals surface area contributed by atoms with Crippen molar-refractivity contribution < 1.29 is 19.0 Å². The molecule has 3 rings (SSSR count). The molecule has 1 aliphatic rings. The van der Waals surface area contributed by atoms with E-state index in [1.165, 1.54) is 13.2 Å². The fourth-order valence-corrected chi connectivity index (χ4v) is 2.71.